The van der Waals surface area contributed by atoms with Crippen molar-refractivity contribution in [2.24, 2.45) is 5.92 Å². The van der Waals surface area contributed by atoms with Gasteiger partial charge in [-0.1, -0.05) is 12.1 Å². The molecule has 1 aliphatic rings. The van der Waals surface area contributed by atoms with E-state index in [2.05, 4.69) is 10.2 Å². The highest BCUT2D eigenvalue weighted by Crippen LogP contribution is 2.20. The fraction of sp³-hybridized carbons (Fsp3) is 0.500. The van der Waals surface area contributed by atoms with Gasteiger partial charge in [-0.25, -0.2) is 0 Å². The number of carbonyl (C=O) groups excluding carboxylic acids is 1. The molecule has 0 atom stereocenters. The number of benzene rings is 1. The minimum absolute atomic E-state index is 0.159. The number of aromatic hydroxyl groups is 1. The van der Waals surface area contributed by atoms with Gasteiger partial charge in [0.2, 0.25) is 5.91 Å². The number of likely N-dealkylation sites (tertiary alicyclic amines) is 1. The van der Waals surface area contributed by atoms with Gasteiger partial charge < -0.3 is 10.4 Å². The van der Waals surface area contributed by atoms with Crippen molar-refractivity contribution >= 4 is 5.91 Å². The lowest BCUT2D eigenvalue weighted by molar-refractivity contribution is -0.125. The zero-order chi connectivity index (χ0) is 13.0. The Hall–Kier alpha value is -1.55. The van der Waals surface area contributed by atoms with Crippen LogP contribution in [0, 0.1) is 5.92 Å². The van der Waals surface area contributed by atoms with Crippen molar-refractivity contribution in [3.63, 3.8) is 0 Å². The zero-order valence-electron chi connectivity index (χ0n) is 10.7. The monoisotopic (exact) mass is 248 g/mol. The fourth-order valence-corrected chi connectivity index (χ4v) is 2.47. The maximum Gasteiger partial charge on any atom is 0.222 e. The van der Waals surface area contributed by atoms with Gasteiger partial charge in [0.15, 0.2) is 0 Å². The topological polar surface area (TPSA) is 52.6 Å². The number of piperidine rings is 1. The molecule has 0 bridgehead atoms. The number of hydrogen-bond acceptors (Lipinski definition) is 3. The van der Waals surface area contributed by atoms with E-state index >= 15 is 0 Å². The molecule has 0 saturated carbocycles. The van der Waals surface area contributed by atoms with Crippen molar-refractivity contribution in [3.8, 4) is 5.75 Å². The Labute approximate surface area is 108 Å². The van der Waals surface area contributed by atoms with Crippen LogP contribution in [-0.4, -0.2) is 36.1 Å². The standard InChI is InChI=1S/C14H20N2O2/c1-15-14(18)12-5-7-16(8-6-12)10-11-3-2-4-13(17)9-11/h2-4,9,12,17H,5-8,10H2,1H3,(H,15,18). The molecule has 0 unspecified atom stereocenters. The third-order valence-corrected chi connectivity index (χ3v) is 3.52. The molecule has 2 rings (SSSR count). The van der Waals surface area contributed by atoms with Crippen LogP contribution in [0.2, 0.25) is 0 Å². The third-order valence-electron chi connectivity index (χ3n) is 3.52. The molecule has 4 heteroatoms. The summed E-state index contributed by atoms with van der Waals surface area (Å²) in [7, 11) is 1.70. The van der Waals surface area contributed by atoms with Crippen LogP contribution in [0.5, 0.6) is 5.75 Å². The summed E-state index contributed by atoms with van der Waals surface area (Å²) in [6.07, 6.45) is 1.83. The summed E-state index contributed by atoms with van der Waals surface area (Å²) >= 11 is 0. The molecule has 1 heterocycles. The number of nitrogens with zero attached hydrogens (tertiary/aromatic N) is 1. The molecule has 0 radical (unpaired) electrons. The number of nitrogens with one attached hydrogen (secondary N) is 1. The minimum atomic E-state index is 0.159. The Balaban J connectivity index is 1.85. The van der Waals surface area contributed by atoms with E-state index < -0.39 is 0 Å². The maximum absolute atomic E-state index is 11.5. The number of phenols is 1. The first-order valence-electron chi connectivity index (χ1n) is 6.41. The first-order valence-corrected chi connectivity index (χ1v) is 6.41. The third kappa shape index (κ3) is 3.23. The number of phenolic OH excluding ortho intramolecular Hbond substituents is 1. The number of rotatable bonds is 3. The predicted octanol–water partition coefficient (Wildman–Crippen LogP) is 1.35. The van der Waals surface area contributed by atoms with Gasteiger partial charge in [-0.15, -0.1) is 0 Å². The maximum atomic E-state index is 11.5. The molecule has 1 aromatic rings. The highest BCUT2D eigenvalue weighted by molar-refractivity contribution is 5.78. The predicted molar refractivity (Wildman–Crippen MR) is 70.2 cm³/mol. The van der Waals surface area contributed by atoms with Crippen LogP contribution in [0.3, 0.4) is 0 Å². The minimum Gasteiger partial charge on any atom is -0.508 e. The Morgan fingerprint density at radius 3 is 2.78 bits per heavy atom. The summed E-state index contributed by atoms with van der Waals surface area (Å²) < 4.78 is 0. The highest BCUT2D eigenvalue weighted by atomic mass is 16.3. The van der Waals surface area contributed by atoms with Gasteiger partial charge in [0, 0.05) is 19.5 Å². The molecule has 1 fully saturated rings. The van der Waals surface area contributed by atoms with Gasteiger partial charge in [-0.3, -0.25) is 9.69 Å². The fourth-order valence-electron chi connectivity index (χ4n) is 2.47. The van der Waals surface area contributed by atoms with Crippen molar-refractivity contribution in [1.29, 1.82) is 0 Å². The van der Waals surface area contributed by atoms with E-state index in [4.69, 9.17) is 0 Å². The zero-order valence-corrected chi connectivity index (χ0v) is 10.7. The molecule has 1 saturated heterocycles. The average Bonchev–Trinajstić information content (AvgIpc) is 2.39. The van der Waals surface area contributed by atoms with Crippen molar-refractivity contribution in [2.75, 3.05) is 20.1 Å². The van der Waals surface area contributed by atoms with Crippen LogP contribution in [0.1, 0.15) is 18.4 Å². The first-order chi connectivity index (χ1) is 8.69. The van der Waals surface area contributed by atoms with E-state index in [9.17, 15) is 9.90 Å². The van der Waals surface area contributed by atoms with Crippen LogP contribution in [-0.2, 0) is 11.3 Å². The molecule has 1 aliphatic heterocycles. The number of carbonyl (C=O) groups is 1. The lowest BCUT2D eigenvalue weighted by Crippen LogP contribution is -2.39. The lowest BCUT2D eigenvalue weighted by Gasteiger charge is -2.31. The van der Waals surface area contributed by atoms with Gasteiger partial charge in [-0.2, -0.15) is 0 Å². The van der Waals surface area contributed by atoms with Crippen molar-refractivity contribution < 1.29 is 9.90 Å². The summed E-state index contributed by atoms with van der Waals surface area (Å²) in [5.74, 6) is 0.634. The van der Waals surface area contributed by atoms with Crippen LogP contribution in [0.15, 0.2) is 24.3 Å². The largest absolute Gasteiger partial charge is 0.508 e. The normalized spacial score (nSPS) is 17.6. The first kappa shape index (κ1) is 12.9. The summed E-state index contributed by atoms with van der Waals surface area (Å²) in [5, 5.41) is 12.1. The van der Waals surface area contributed by atoms with Gasteiger partial charge in [0.05, 0.1) is 0 Å². The summed E-state index contributed by atoms with van der Waals surface area (Å²) in [4.78, 5) is 13.8. The Morgan fingerprint density at radius 2 is 2.17 bits per heavy atom. The van der Waals surface area contributed by atoms with Gasteiger partial charge >= 0.3 is 0 Å². The smallest absolute Gasteiger partial charge is 0.222 e. The average molecular weight is 248 g/mol. The quantitative estimate of drug-likeness (QED) is 0.849. The molecule has 0 aromatic heterocycles. The van der Waals surface area contributed by atoms with Crippen LogP contribution < -0.4 is 5.32 Å². The van der Waals surface area contributed by atoms with Gasteiger partial charge in [0.25, 0.3) is 0 Å². The van der Waals surface area contributed by atoms with Crippen LogP contribution in [0.25, 0.3) is 0 Å². The molecular formula is C14H20N2O2. The molecule has 1 amide bonds. The Bertz CT molecular complexity index is 412. The van der Waals surface area contributed by atoms with E-state index in [0.29, 0.717) is 5.75 Å². The molecule has 2 N–H and O–H groups in total. The van der Waals surface area contributed by atoms with Crippen LogP contribution in [0.4, 0.5) is 0 Å². The summed E-state index contributed by atoms with van der Waals surface area (Å²) in [6, 6.07) is 7.36. The molecule has 1 aromatic carbocycles. The van der Waals surface area contributed by atoms with E-state index in [0.717, 1.165) is 38.0 Å². The second-order valence-corrected chi connectivity index (χ2v) is 4.83. The van der Waals surface area contributed by atoms with Gasteiger partial charge in [-0.05, 0) is 43.6 Å². The lowest BCUT2D eigenvalue weighted by atomic mass is 9.95. The molecular weight excluding hydrogens is 228 g/mol. The Kier molecular flexibility index (Phi) is 4.20. The van der Waals surface area contributed by atoms with E-state index in [1.807, 2.05) is 12.1 Å². The molecule has 4 nitrogen and oxygen atoms in total. The summed E-state index contributed by atoms with van der Waals surface area (Å²) in [6.45, 7) is 2.72. The molecule has 18 heavy (non-hydrogen) atoms. The van der Waals surface area contributed by atoms with E-state index in [1.54, 1.807) is 19.2 Å². The molecule has 98 valence electrons. The van der Waals surface area contributed by atoms with E-state index in [1.165, 1.54) is 0 Å². The second kappa shape index (κ2) is 5.87. The van der Waals surface area contributed by atoms with Crippen molar-refractivity contribution in [3.05, 3.63) is 29.8 Å². The van der Waals surface area contributed by atoms with Crippen molar-refractivity contribution in [1.82, 2.24) is 10.2 Å². The van der Waals surface area contributed by atoms with Gasteiger partial charge in [0.1, 0.15) is 5.75 Å². The Morgan fingerprint density at radius 1 is 1.44 bits per heavy atom. The van der Waals surface area contributed by atoms with Crippen LogP contribution >= 0.6 is 0 Å². The molecule has 0 spiro atoms. The second-order valence-electron chi connectivity index (χ2n) is 4.83. The summed E-state index contributed by atoms with van der Waals surface area (Å²) in [5.41, 5.74) is 1.12. The number of hydrogen-bond donors (Lipinski definition) is 2. The molecule has 0 aliphatic carbocycles. The van der Waals surface area contributed by atoms with E-state index in [-0.39, 0.29) is 11.8 Å². The van der Waals surface area contributed by atoms with Crippen molar-refractivity contribution in [2.45, 2.75) is 19.4 Å². The highest BCUT2D eigenvalue weighted by Gasteiger charge is 2.23. The number of amides is 1. The SMILES string of the molecule is CNC(=O)C1CCN(Cc2cccc(O)c2)CC1.